The standard InChI is InChI=1S/C22H23N3O/c1-3-13-24-19-11-7-4-8-15(19)16-12-14-25-21(20(16)24)23(2)18-10-6-5-9-17(18)22(25)26/h4-11,21H,3,12-14H2,1-2H3. The molecular weight excluding hydrogens is 322 g/mol. The number of rotatable bonds is 2. The minimum atomic E-state index is -0.0277. The predicted molar refractivity (Wildman–Crippen MR) is 105 cm³/mol. The van der Waals surface area contributed by atoms with Crippen molar-refractivity contribution in [1.82, 2.24) is 9.47 Å². The van der Waals surface area contributed by atoms with Crippen molar-refractivity contribution in [3.05, 3.63) is 65.4 Å². The maximum atomic E-state index is 13.2. The van der Waals surface area contributed by atoms with E-state index in [0.717, 1.165) is 37.2 Å². The number of carbonyl (C=O) groups excluding carboxylic acids is 1. The van der Waals surface area contributed by atoms with Gasteiger partial charge in [-0.05, 0) is 36.6 Å². The first-order chi connectivity index (χ1) is 12.7. The van der Waals surface area contributed by atoms with E-state index >= 15 is 0 Å². The average molecular weight is 345 g/mol. The first kappa shape index (κ1) is 15.5. The van der Waals surface area contributed by atoms with E-state index in [4.69, 9.17) is 0 Å². The maximum absolute atomic E-state index is 13.2. The number of aryl methyl sites for hydroxylation is 1. The predicted octanol–water partition coefficient (Wildman–Crippen LogP) is 4.20. The van der Waals surface area contributed by atoms with Crippen LogP contribution >= 0.6 is 0 Å². The Hall–Kier alpha value is -2.75. The number of anilines is 1. The summed E-state index contributed by atoms with van der Waals surface area (Å²) in [6.07, 6.45) is 1.97. The normalized spacial score (nSPS) is 18.7. The Morgan fingerprint density at radius 2 is 1.85 bits per heavy atom. The molecule has 2 aromatic carbocycles. The fraction of sp³-hybridized carbons (Fsp3) is 0.318. The lowest BCUT2D eigenvalue weighted by Gasteiger charge is -2.46. The van der Waals surface area contributed by atoms with Gasteiger partial charge in [0.2, 0.25) is 0 Å². The van der Waals surface area contributed by atoms with Gasteiger partial charge in [0.1, 0.15) is 6.17 Å². The van der Waals surface area contributed by atoms with Crippen LogP contribution in [-0.4, -0.2) is 29.0 Å². The fourth-order valence-corrected chi connectivity index (χ4v) is 4.77. The van der Waals surface area contributed by atoms with Gasteiger partial charge in [0.25, 0.3) is 5.91 Å². The number of amides is 1. The third kappa shape index (κ3) is 1.93. The van der Waals surface area contributed by atoms with Gasteiger partial charge >= 0.3 is 0 Å². The van der Waals surface area contributed by atoms with E-state index in [0.29, 0.717) is 0 Å². The molecule has 0 saturated carbocycles. The van der Waals surface area contributed by atoms with E-state index in [1.54, 1.807) is 0 Å². The number of benzene rings is 2. The molecule has 26 heavy (non-hydrogen) atoms. The lowest BCUT2D eigenvalue weighted by atomic mass is 9.96. The van der Waals surface area contributed by atoms with Crippen LogP contribution in [0.3, 0.4) is 0 Å². The lowest BCUT2D eigenvalue weighted by molar-refractivity contribution is 0.0629. The molecule has 0 spiro atoms. The van der Waals surface area contributed by atoms with Crippen molar-refractivity contribution in [2.75, 3.05) is 18.5 Å². The third-order valence-electron chi connectivity index (χ3n) is 5.85. The molecule has 0 radical (unpaired) electrons. The smallest absolute Gasteiger partial charge is 0.257 e. The molecule has 3 aromatic rings. The highest BCUT2D eigenvalue weighted by Gasteiger charge is 2.42. The van der Waals surface area contributed by atoms with Crippen LogP contribution < -0.4 is 4.90 Å². The van der Waals surface area contributed by atoms with E-state index < -0.39 is 0 Å². The monoisotopic (exact) mass is 345 g/mol. The van der Waals surface area contributed by atoms with Crippen LogP contribution in [0.25, 0.3) is 10.9 Å². The Bertz CT molecular complexity index is 1020. The van der Waals surface area contributed by atoms with Gasteiger partial charge in [0, 0.05) is 31.0 Å². The summed E-state index contributed by atoms with van der Waals surface area (Å²) in [6, 6.07) is 16.7. The van der Waals surface area contributed by atoms with Gasteiger partial charge in [-0.15, -0.1) is 0 Å². The van der Waals surface area contributed by atoms with Crippen LogP contribution in [0.2, 0.25) is 0 Å². The summed E-state index contributed by atoms with van der Waals surface area (Å²) in [7, 11) is 2.12. The molecule has 1 amide bonds. The summed E-state index contributed by atoms with van der Waals surface area (Å²) < 4.78 is 2.44. The second-order valence-electron chi connectivity index (χ2n) is 7.28. The second-order valence-corrected chi connectivity index (χ2v) is 7.28. The van der Waals surface area contributed by atoms with Gasteiger partial charge in [-0.1, -0.05) is 37.3 Å². The van der Waals surface area contributed by atoms with E-state index in [-0.39, 0.29) is 12.1 Å². The molecule has 132 valence electrons. The molecule has 3 heterocycles. The molecule has 1 atom stereocenters. The minimum absolute atomic E-state index is 0.0277. The molecular formula is C22H23N3O. The van der Waals surface area contributed by atoms with Gasteiger partial charge in [0.15, 0.2) is 0 Å². The highest BCUT2D eigenvalue weighted by Crippen LogP contribution is 2.44. The summed E-state index contributed by atoms with van der Waals surface area (Å²) >= 11 is 0. The van der Waals surface area contributed by atoms with Crippen molar-refractivity contribution >= 4 is 22.5 Å². The van der Waals surface area contributed by atoms with Crippen LogP contribution in [-0.2, 0) is 13.0 Å². The summed E-state index contributed by atoms with van der Waals surface area (Å²) in [5.74, 6) is 0.155. The van der Waals surface area contributed by atoms with Crippen LogP contribution in [0.1, 0.15) is 41.1 Å². The molecule has 0 aliphatic carbocycles. The average Bonchev–Trinajstić information content (AvgIpc) is 3.00. The van der Waals surface area contributed by atoms with Crippen LogP contribution in [0.15, 0.2) is 48.5 Å². The summed E-state index contributed by atoms with van der Waals surface area (Å²) in [5.41, 5.74) is 5.84. The molecule has 0 saturated heterocycles. The molecule has 1 unspecified atom stereocenters. The first-order valence-electron chi connectivity index (χ1n) is 9.45. The molecule has 2 aliphatic rings. The fourth-order valence-electron chi connectivity index (χ4n) is 4.77. The second kappa shape index (κ2) is 5.63. The van der Waals surface area contributed by atoms with E-state index in [1.807, 2.05) is 18.2 Å². The zero-order valence-corrected chi connectivity index (χ0v) is 15.3. The third-order valence-corrected chi connectivity index (χ3v) is 5.85. The van der Waals surface area contributed by atoms with E-state index in [1.165, 1.54) is 22.2 Å². The first-order valence-corrected chi connectivity index (χ1v) is 9.45. The number of carbonyl (C=O) groups is 1. The molecule has 2 aliphatic heterocycles. The van der Waals surface area contributed by atoms with Crippen molar-refractivity contribution in [2.45, 2.75) is 32.5 Å². The number of hydrogen-bond donors (Lipinski definition) is 0. The molecule has 4 nitrogen and oxygen atoms in total. The molecule has 5 rings (SSSR count). The number of aromatic nitrogens is 1. The Labute approximate surface area is 153 Å². The minimum Gasteiger partial charge on any atom is -0.349 e. The van der Waals surface area contributed by atoms with Crippen molar-refractivity contribution in [1.29, 1.82) is 0 Å². The van der Waals surface area contributed by atoms with Gasteiger partial charge < -0.3 is 14.4 Å². The summed E-state index contributed by atoms with van der Waals surface area (Å²) in [4.78, 5) is 17.5. The number of hydrogen-bond acceptors (Lipinski definition) is 2. The van der Waals surface area contributed by atoms with Gasteiger partial charge in [0.05, 0.1) is 16.9 Å². The van der Waals surface area contributed by atoms with Gasteiger partial charge in [-0.25, -0.2) is 0 Å². The quantitative estimate of drug-likeness (QED) is 0.696. The zero-order chi connectivity index (χ0) is 17.8. The van der Waals surface area contributed by atoms with Crippen LogP contribution in [0.4, 0.5) is 5.69 Å². The Balaban J connectivity index is 1.78. The van der Waals surface area contributed by atoms with Crippen molar-refractivity contribution in [3.63, 3.8) is 0 Å². The molecule has 4 heteroatoms. The number of fused-ring (bicyclic) bond motifs is 6. The highest BCUT2D eigenvalue weighted by molar-refractivity contribution is 6.02. The van der Waals surface area contributed by atoms with Crippen LogP contribution in [0, 0.1) is 0 Å². The lowest BCUT2D eigenvalue weighted by Crippen LogP contribution is -2.51. The van der Waals surface area contributed by atoms with E-state index in [2.05, 4.69) is 58.7 Å². The maximum Gasteiger partial charge on any atom is 0.257 e. The van der Waals surface area contributed by atoms with Crippen molar-refractivity contribution in [3.8, 4) is 0 Å². The number of para-hydroxylation sites is 2. The number of nitrogens with zero attached hydrogens (tertiary/aromatic N) is 3. The highest BCUT2D eigenvalue weighted by atomic mass is 16.2. The Morgan fingerprint density at radius 1 is 1.08 bits per heavy atom. The molecule has 0 bridgehead atoms. The van der Waals surface area contributed by atoms with Crippen molar-refractivity contribution < 1.29 is 4.79 Å². The molecule has 0 fully saturated rings. The van der Waals surface area contributed by atoms with Gasteiger partial charge in [-0.2, -0.15) is 0 Å². The van der Waals surface area contributed by atoms with Gasteiger partial charge in [-0.3, -0.25) is 4.79 Å². The zero-order valence-electron chi connectivity index (χ0n) is 15.3. The van der Waals surface area contributed by atoms with Crippen LogP contribution in [0.5, 0.6) is 0 Å². The Morgan fingerprint density at radius 3 is 2.69 bits per heavy atom. The molecule has 0 N–H and O–H groups in total. The topological polar surface area (TPSA) is 28.5 Å². The Kier molecular flexibility index (Phi) is 3.36. The molecule has 1 aromatic heterocycles. The summed E-state index contributed by atoms with van der Waals surface area (Å²) in [6.45, 7) is 3.96. The largest absolute Gasteiger partial charge is 0.349 e. The summed E-state index contributed by atoms with van der Waals surface area (Å²) in [5, 5.41) is 1.34. The van der Waals surface area contributed by atoms with Crippen molar-refractivity contribution in [2.24, 2.45) is 0 Å². The SMILES string of the molecule is CCCn1c2c(c3ccccc31)CCN1C(=O)c3ccccc3N(C)C21. The van der Waals surface area contributed by atoms with E-state index in [9.17, 15) is 4.79 Å².